The van der Waals surface area contributed by atoms with E-state index in [1.165, 1.54) is 11.8 Å². The Morgan fingerprint density at radius 1 is 1.24 bits per heavy atom. The Hall–Kier alpha value is -2.23. The molecule has 0 radical (unpaired) electrons. The number of fused-ring (bicyclic) bond motifs is 1. The van der Waals surface area contributed by atoms with Crippen molar-refractivity contribution in [1.29, 1.82) is 0 Å². The predicted molar refractivity (Wildman–Crippen MR) is 138 cm³/mol. The number of piperidine rings is 1. The second-order valence-corrected chi connectivity index (χ2v) is 10.8. The second kappa shape index (κ2) is 9.95. The number of amides is 1. The minimum atomic E-state index is -0.172. The number of ether oxygens (including phenoxy) is 1. The zero-order valence-electron chi connectivity index (χ0n) is 19.5. The SMILES string of the molecule is COCCCN1C(=O)/C(=C/c2c(N3C[C@H](C)C[C@H](C)C3)nc3ccc(C)cn3c2=O)SC1=S. The van der Waals surface area contributed by atoms with E-state index in [-0.39, 0.29) is 11.5 Å². The van der Waals surface area contributed by atoms with Crippen molar-refractivity contribution >= 4 is 51.7 Å². The maximum atomic E-state index is 13.6. The van der Waals surface area contributed by atoms with Gasteiger partial charge in [-0.05, 0) is 49.3 Å². The summed E-state index contributed by atoms with van der Waals surface area (Å²) in [5, 5.41) is 0. The van der Waals surface area contributed by atoms with E-state index in [0.717, 1.165) is 25.1 Å². The summed E-state index contributed by atoms with van der Waals surface area (Å²) < 4.78 is 7.18. The summed E-state index contributed by atoms with van der Waals surface area (Å²) in [4.78, 5) is 35.9. The van der Waals surface area contributed by atoms with Crippen molar-refractivity contribution in [3.8, 4) is 0 Å². The van der Waals surface area contributed by atoms with E-state index in [0.29, 0.717) is 57.7 Å². The fourth-order valence-electron chi connectivity index (χ4n) is 4.64. The number of hydrogen-bond acceptors (Lipinski definition) is 7. The molecule has 2 atom stereocenters. The van der Waals surface area contributed by atoms with Crippen molar-refractivity contribution in [3.05, 3.63) is 44.7 Å². The van der Waals surface area contributed by atoms with Crippen LogP contribution < -0.4 is 10.5 Å². The van der Waals surface area contributed by atoms with Crippen LogP contribution in [0.4, 0.5) is 5.82 Å². The molecule has 33 heavy (non-hydrogen) atoms. The van der Waals surface area contributed by atoms with Gasteiger partial charge < -0.3 is 9.64 Å². The second-order valence-electron chi connectivity index (χ2n) is 9.12. The molecule has 1 amide bonds. The van der Waals surface area contributed by atoms with Gasteiger partial charge in [0.25, 0.3) is 11.5 Å². The monoisotopic (exact) mass is 486 g/mol. The van der Waals surface area contributed by atoms with Crippen LogP contribution >= 0.6 is 24.0 Å². The topological polar surface area (TPSA) is 67.2 Å². The van der Waals surface area contributed by atoms with Gasteiger partial charge in [-0.2, -0.15) is 0 Å². The summed E-state index contributed by atoms with van der Waals surface area (Å²) >= 11 is 6.70. The van der Waals surface area contributed by atoms with E-state index in [2.05, 4.69) is 18.7 Å². The molecule has 2 saturated heterocycles. The highest BCUT2D eigenvalue weighted by molar-refractivity contribution is 8.26. The molecule has 9 heteroatoms. The molecular weight excluding hydrogens is 456 g/mol. The van der Waals surface area contributed by atoms with Gasteiger partial charge >= 0.3 is 0 Å². The molecule has 2 aromatic rings. The molecule has 0 N–H and O–H groups in total. The van der Waals surface area contributed by atoms with Crippen LogP contribution in [0.15, 0.2) is 28.0 Å². The lowest BCUT2D eigenvalue weighted by Crippen LogP contribution is -2.40. The van der Waals surface area contributed by atoms with Gasteiger partial charge in [0.15, 0.2) is 0 Å². The molecule has 2 aliphatic rings. The number of thioether (sulfide) groups is 1. The number of thiocarbonyl (C=S) groups is 1. The van der Waals surface area contributed by atoms with Gasteiger partial charge in [-0.1, -0.05) is 43.9 Å². The Kier molecular flexibility index (Phi) is 7.21. The van der Waals surface area contributed by atoms with E-state index in [4.69, 9.17) is 21.9 Å². The van der Waals surface area contributed by atoms with Crippen molar-refractivity contribution in [3.63, 3.8) is 0 Å². The Balaban J connectivity index is 1.80. The molecule has 0 bridgehead atoms. The number of methoxy groups -OCH3 is 1. The Morgan fingerprint density at radius 3 is 2.67 bits per heavy atom. The minimum absolute atomic E-state index is 0.166. The lowest BCUT2D eigenvalue weighted by molar-refractivity contribution is -0.122. The molecule has 0 spiro atoms. The first kappa shape index (κ1) is 23.9. The van der Waals surface area contributed by atoms with Gasteiger partial charge in [0.1, 0.15) is 15.8 Å². The Morgan fingerprint density at radius 2 is 1.97 bits per heavy atom. The van der Waals surface area contributed by atoms with Crippen LogP contribution in [0.2, 0.25) is 0 Å². The lowest BCUT2D eigenvalue weighted by atomic mass is 9.91. The summed E-state index contributed by atoms with van der Waals surface area (Å²) in [5.41, 5.74) is 1.84. The molecule has 4 heterocycles. The zero-order chi connectivity index (χ0) is 23.7. The van der Waals surface area contributed by atoms with Crippen LogP contribution in [0.5, 0.6) is 0 Å². The summed E-state index contributed by atoms with van der Waals surface area (Å²) in [6.07, 6.45) is 5.34. The number of anilines is 1. The van der Waals surface area contributed by atoms with Crippen LogP contribution in [-0.2, 0) is 9.53 Å². The molecule has 0 saturated carbocycles. The van der Waals surface area contributed by atoms with Gasteiger partial charge in [0.05, 0.1) is 10.5 Å². The maximum Gasteiger partial charge on any atom is 0.267 e. The highest BCUT2D eigenvalue weighted by Gasteiger charge is 2.33. The van der Waals surface area contributed by atoms with Crippen molar-refractivity contribution in [2.45, 2.75) is 33.6 Å². The van der Waals surface area contributed by atoms with Gasteiger partial charge in [0, 0.05) is 39.5 Å². The molecule has 176 valence electrons. The van der Waals surface area contributed by atoms with E-state index in [9.17, 15) is 9.59 Å². The first-order valence-electron chi connectivity index (χ1n) is 11.3. The van der Waals surface area contributed by atoms with Gasteiger partial charge in [0.2, 0.25) is 0 Å². The number of aryl methyl sites for hydroxylation is 1. The number of pyridine rings is 1. The summed E-state index contributed by atoms with van der Waals surface area (Å²) in [5.74, 6) is 1.48. The largest absolute Gasteiger partial charge is 0.385 e. The first-order chi connectivity index (χ1) is 15.8. The molecule has 7 nitrogen and oxygen atoms in total. The molecule has 2 aromatic heterocycles. The predicted octanol–water partition coefficient (Wildman–Crippen LogP) is 3.72. The smallest absolute Gasteiger partial charge is 0.267 e. The van der Waals surface area contributed by atoms with Crippen LogP contribution in [0.1, 0.15) is 37.8 Å². The molecule has 0 aromatic carbocycles. The van der Waals surface area contributed by atoms with E-state index in [1.807, 2.05) is 19.1 Å². The van der Waals surface area contributed by atoms with Crippen LogP contribution in [0.3, 0.4) is 0 Å². The number of rotatable bonds is 6. The molecule has 4 rings (SSSR count). The number of carbonyl (C=O) groups is 1. The summed E-state index contributed by atoms with van der Waals surface area (Å²) in [6, 6.07) is 3.83. The number of nitrogens with zero attached hydrogens (tertiary/aromatic N) is 4. The molecule has 2 fully saturated rings. The third-order valence-electron chi connectivity index (χ3n) is 6.03. The van der Waals surface area contributed by atoms with Crippen molar-refractivity contribution in [2.24, 2.45) is 11.8 Å². The fraction of sp³-hybridized carbons (Fsp3) is 0.500. The Labute approximate surface area is 203 Å². The quantitative estimate of drug-likeness (QED) is 0.350. The molecule has 2 aliphatic heterocycles. The first-order valence-corrected chi connectivity index (χ1v) is 12.5. The van der Waals surface area contributed by atoms with Crippen LogP contribution in [0.25, 0.3) is 11.7 Å². The van der Waals surface area contributed by atoms with Crippen LogP contribution in [0, 0.1) is 18.8 Å². The fourth-order valence-corrected chi connectivity index (χ4v) is 5.93. The number of carbonyl (C=O) groups excluding carboxylic acids is 1. The van der Waals surface area contributed by atoms with E-state index >= 15 is 0 Å². The molecule has 0 unspecified atom stereocenters. The standard InChI is InChI=1S/C24H30N4O3S2/c1-15-6-7-20-25-21(26-12-16(2)10-17(3)13-26)18(22(29)28(20)14-15)11-19-23(30)27(24(32)33-19)8-5-9-31-4/h6-7,11,14,16-17H,5,8-10,12-13H2,1-4H3/b19-11-/t16-,17+. The normalized spacial score (nSPS) is 22.7. The third kappa shape index (κ3) is 5.00. The van der Waals surface area contributed by atoms with Crippen molar-refractivity contribution in [2.75, 3.05) is 38.3 Å². The third-order valence-corrected chi connectivity index (χ3v) is 7.41. The van der Waals surface area contributed by atoms with Crippen LogP contribution in [-0.4, -0.2) is 57.9 Å². The average molecular weight is 487 g/mol. The highest BCUT2D eigenvalue weighted by Crippen LogP contribution is 2.34. The van der Waals surface area contributed by atoms with E-state index < -0.39 is 0 Å². The number of aromatic nitrogens is 2. The Bertz CT molecular complexity index is 1170. The summed E-state index contributed by atoms with van der Waals surface area (Å²) in [6.45, 7) is 9.11. The minimum Gasteiger partial charge on any atom is -0.385 e. The van der Waals surface area contributed by atoms with E-state index in [1.54, 1.807) is 28.7 Å². The zero-order valence-corrected chi connectivity index (χ0v) is 21.2. The number of hydrogen-bond donors (Lipinski definition) is 0. The molecule has 0 aliphatic carbocycles. The summed E-state index contributed by atoms with van der Waals surface area (Å²) in [7, 11) is 1.63. The highest BCUT2D eigenvalue weighted by atomic mass is 32.2. The van der Waals surface area contributed by atoms with Gasteiger partial charge in [-0.25, -0.2) is 4.98 Å². The van der Waals surface area contributed by atoms with Crippen molar-refractivity contribution < 1.29 is 9.53 Å². The lowest BCUT2D eigenvalue weighted by Gasteiger charge is -2.36. The maximum absolute atomic E-state index is 13.6. The molecular formula is C24H30N4O3S2. The van der Waals surface area contributed by atoms with Crippen molar-refractivity contribution in [1.82, 2.24) is 14.3 Å². The van der Waals surface area contributed by atoms with Gasteiger partial charge in [-0.3, -0.25) is 18.9 Å². The van der Waals surface area contributed by atoms with Gasteiger partial charge in [-0.15, -0.1) is 0 Å². The average Bonchev–Trinajstić information content (AvgIpc) is 3.02.